The van der Waals surface area contributed by atoms with Crippen LogP contribution in [0.15, 0.2) is 0 Å². The fourth-order valence-corrected chi connectivity index (χ4v) is 3.92. The van der Waals surface area contributed by atoms with E-state index in [1.165, 1.54) is 19.3 Å². The Kier molecular flexibility index (Phi) is 2.58. The van der Waals surface area contributed by atoms with Crippen LogP contribution in [0.3, 0.4) is 0 Å². The Balaban J connectivity index is 1.80. The van der Waals surface area contributed by atoms with Crippen LogP contribution < -0.4 is 5.32 Å². The van der Waals surface area contributed by atoms with Gasteiger partial charge in [-0.25, -0.2) is 0 Å². The Hall–Kier alpha value is -0.700. The van der Waals surface area contributed by atoms with Crippen LogP contribution in [0.4, 0.5) is 0 Å². The number of fused-ring (bicyclic) bond motifs is 1. The normalized spacial score (nSPS) is 40.4. The van der Waals surface area contributed by atoms with Crippen LogP contribution >= 0.6 is 0 Å². The summed E-state index contributed by atoms with van der Waals surface area (Å²) in [4.78, 5) is 23.8. The second kappa shape index (κ2) is 3.95. The summed E-state index contributed by atoms with van der Waals surface area (Å²) in [5.41, 5.74) is 0. The second-order valence-corrected chi connectivity index (χ2v) is 5.55. The quantitative estimate of drug-likeness (QED) is 0.679. The van der Waals surface area contributed by atoms with E-state index in [-0.39, 0.29) is 23.5 Å². The van der Waals surface area contributed by atoms with Gasteiger partial charge in [0.2, 0.25) is 0 Å². The minimum absolute atomic E-state index is 0.174. The molecule has 0 aromatic carbocycles. The van der Waals surface area contributed by atoms with Crippen LogP contribution in [0.2, 0.25) is 0 Å². The third kappa shape index (κ3) is 1.53. The van der Waals surface area contributed by atoms with Crippen molar-refractivity contribution in [3.63, 3.8) is 0 Å². The Morgan fingerprint density at radius 3 is 2.50 bits per heavy atom. The number of nitrogens with one attached hydrogen (secondary N) is 1. The summed E-state index contributed by atoms with van der Waals surface area (Å²) in [7, 11) is 0. The van der Waals surface area contributed by atoms with E-state index >= 15 is 0 Å². The zero-order valence-electron chi connectivity index (χ0n) is 9.58. The SMILES string of the molecule is O=C1CCCC(=O)C1C1NCC2CCCC21. The molecule has 3 rings (SSSR count). The maximum Gasteiger partial charge on any atom is 0.144 e. The molecule has 1 N–H and O–H groups in total. The van der Waals surface area contributed by atoms with Gasteiger partial charge in [-0.15, -0.1) is 0 Å². The van der Waals surface area contributed by atoms with Crippen LogP contribution in [0.1, 0.15) is 38.5 Å². The summed E-state index contributed by atoms with van der Waals surface area (Å²) in [5, 5.41) is 3.45. The summed E-state index contributed by atoms with van der Waals surface area (Å²) in [6.45, 7) is 1.02. The lowest BCUT2D eigenvalue weighted by molar-refractivity contribution is -0.137. The molecule has 0 spiro atoms. The van der Waals surface area contributed by atoms with Crippen LogP contribution in [0.25, 0.3) is 0 Å². The van der Waals surface area contributed by atoms with Gasteiger partial charge in [0.25, 0.3) is 0 Å². The van der Waals surface area contributed by atoms with Crippen molar-refractivity contribution in [2.45, 2.75) is 44.6 Å². The number of carbonyl (C=O) groups excluding carboxylic acids is 2. The van der Waals surface area contributed by atoms with Crippen molar-refractivity contribution in [2.75, 3.05) is 6.54 Å². The third-order valence-corrected chi connectivity index (χ3v) is 4.69. The number of hydrogen-bond donors (Lipinski definition) is 1. The van der Waals surface area contributed by atoms with E-state index < -0.39 is 0 Å². The van der Waals surface area contributed by atoms with Gasteiger partial charge in [-0.3, -0.25) is 9.59 Å². The molecule has 0 bridgehead atoms. The molecular weight excluding hydrogens is 202 g/mol. The van der Waals surface area contributed by atoms with E-state index in [4.69, 9.17) is 0 Å². The van der Waals surface area contributed by atoms with Gasteiger partial charge in [0, 0.05) is 18.9 Å². The number of rotatable bonds is 1. The highest BCUT2D eigenvalue weighted by Crippen LogP contribution is 2.41. The monoisotopic (exact) mass is 221 g/mol. The predicted octanol–water partition coefficient (Wildman–Crippen LogP) is 1.31. The first-order valence-corrected chi connectivity index (χ1v) is 6.56. The molecule has 16 heavy (non-hydrogen) atoms. The first-order chi connectivity index (χ1) is 7.77. The molecule has 3 aliphatic rings. The topological polar surface area (TPSA) is 46.2 Å². The lowest BCUT2D eigenvalue weighted by Crippen LogP contribution is -2.45. The average molecular weight is 221 g/mol. The van der Waals surface area contributed by atoms with Gasteiger partial charge in [0.05, 0.1) is 5.92 Å². The van der Waals surface area contributed by atoms with Gasteiger partial charge in [0.15, 0.2) is 0 Å². The van der Waals surface area contributed by atoms with Gasteiger partial charge < -0.3 is 5.32 Å². The minimum Gasteiger partial charge on any atom is -0.312 e. The molecule has 0 aromatic heterocycles. The summed E-state index contributed by atoms with van der Waals surface area (Å²) in [6.07, 6.45) is 5.78. The highest BCUT2D eigenvalue weighted by atomic mass is 16.2. The second-order valence-electron chi connectivity index (χ2n) is 5.55. The summed E-state index contributed by atoms with van der Waals surface area (Å²) in [5.74, 6) is 1.41. The van der Waals surface area contributed by atoms with Gasteiger partial charge >= 0.3 is 0 Å². The molecule has 1 aliphatic heterocycles. The van der Waals surface area contributed by atoms with Crippen LogP contribution in [-0.4, -0.2) is 24.2 Å². The first-order valence-electron chi connectivity index (χ1n) is 6.56. The van der Waals surface area contributed by atoms with Crippen molar-refractivity contribution in [1.82, 2.24) is 5.32 Å². The van der Waals surface area contributed by atoms with Crippen molar-refractivity contribution in [2.24, 2.45) is 17.8 Å². The average Bonchev–Trinajstić information content (AvgIpc) is 2.81. The summed E-state index contributed by atoms with van der Waals surface area (Å²) >= 11 is 0. The predicted molar refractivity (Wildman–Crippen MR) is 60.0 cm³/mol. The molecule has 0 radical (unpaired) electrons. The molecule has 3 heteroatoms. The molecule has 3 nitrogen and oxygen atoms in total. The first kappa shape index (κ1) is 10.5. The molecule has 3 atom stereocenters. The van der Waals surface area contributed by atoms with Gasteiger partial charge in [-0.1, -0.05) is 6.42 Å². The smallest absolute Gasteiger partial charge is 0.144 e. The molecule has 1 heterocycles. The molecular formula is C13H19NO2. The Labute approximate surface area is 96.0 Å². The van der Waals surface area contributed by atoms with Crippen molar-refractivity contribution in [3.8, 4) is 0 Å². The zero-order chi connectivity index (χ0) is 11.1. The van der Waals surface area contributed by atoms with E-state index in [9.17, 15) is 9.59 Å². The molecule has 0 aromatic rings. The van der Waals surface area contributed by atoms with Gasteiger partial charge in [-0.2, -0.15) is 0 Å². The van der Waals surface area contributed by atoms with Crippen LogP contribution in [0, 0.1) is 17.8 Å². The number of carbonyl (C=O) groups is 2. The van der Waals surface area contributed by atoms with E-state index in [0.717, 1.165) is 18.9 Å². The van der Waals surface area contributed by atoms with Crippen molar-refractivity contribution in [1.29, 1.82) is 0 Å². The Morgan fingerprint density at radius 1 is 1.00 bits per heavy atom. The third-order valence-electron chi connectivity index (χ3n) is 4.69. The maximum absolute atomic E-state index is 11.9. The lowest BCUT2D eigenvalue weighted by atomic mass is 9.76. The van der Waals surface area contributed by atoms with Crippen molar-refractivity contribution < 1.29 is 9.59 Å². The van der Waals surface area contributed by atoms with Crippen LogP contribution in [-0.2, 0) is 9.59 Å². The molecule has 2 saturated carbocycles. The van der Waals surface area contributed by atoms with Crippen molar-refractivity contribution in [3.05, 3.63) is 0 Å². The Bertz CT molecular complexity index is 310. The molecule has 88 valence electrons. The summed E-state index contributed by atoms with van der Waals surface area (Å²) < 4.78 is 0. The number of Topliss-reactive ketones (excluding diaryl/α,β-unsaturated/α-hetero) is 2. The molecule has 3 fully saturated rings. The largest absolute Gasteiger partial charge is 0.312 e. The standard InChI is InChI=1S/C13H19NO2/c15-10-5-2-6-11(16)12(10)13-9-4-1-3-8(9)7-14-13/h8-9,12-14H,1-7H2. The molecule has 3 unspecified atom stereocenters. The van der Waals surface area contributed by atoms with Gasteiger partial charge in [0.1, 0.15) is 11.6 Å². The van der Waals surface area contributed by atoms with Crippen LogP contribution in [0.5, 0.6) is 0 Å². The molecule has 1 saturated heterocycles. The van der Waals surface area contributed by atoms with E-state index in [1.54, 1.807) is 0 Å². The minimum atomic E-state index is -0.304. The highest BCUT2D eigenvalue weighted by Gasteiger charge is 2.47. The Morgan fingerprint density at radius 2 is 1.75 bits per heavy atom. The highest BCUT2D eigenvalue weighted by molar-refractivity contribution is 6.05. The van der Waals surface area contributed by atoms with Crippen molar-refractivity contribution >= 4 is 11.6 Å². The number of ketones is 2. The molecule has 2 aliphatic carbocycles. The fraction of sp³-hybridized carbons (Fsp3) is 0.846. The maximum atomic E-state index is 11.9. The molecule has 0 amide bonds. The van der Waals surface area contributed by atoms with E-state index in [2.05, 4.69) is 5.32 Å². The van der Waals surface area contributed by atoms with Gasteiger partial charge in [-0.05, 0) is 37.6 Å². The zero-order valence-corrected chi connectivity index (χ0v) is 9.58. The van der Waals surface area contributed by atoms with E-state index in [0.29, 0.717) is 18.8 Å². The fourth-order valence-electron chi connectivity index (χ4n) is 3.92. The summed E-state index contributed by atoms with van der Waals surface area (Å²) in [6, 6.07) is 0.174. The lowest BCUT2D eigenvalue weighted by Gasteiger charge is -2.28. The van der Waals surface area contributed by atoms with E-state index in [1.807, 2.05) is 0 Å². The number of hydrogen-bond acceptors (Lipinski definition) is 3.